The van der Waals surface area contributed by atoms with Crippen molar-refractivity contribution < 1.29 is 13.2 Å². The molecule has 31 heavy (non-hydrogen) atoms. The highest BCUT2D eigenvalue weighted by Gasteiger charge is 2.20. The van der Waals surface area contributed by atoms with E-state index in [9.17, 15) is 8.42 Å². The summed E-state index contributed by atoms with van der Waals surface area (Å²) < 4.78 is 33.1. The Morgan fingerprint density at radius 1 is 1.10 bits per heavy atom. The lowest BCUT2D eigenvalue weighted by atomic mass is 10.3. The molecule has 1 aromatic carbocycles. The molecule has 3 heterocycles. The Kier molecular flexibility index (Phi) is 5.89. The molecule has 0 aliphatic carbocycles. The number of methoxy groups -OCH3 is 1. The van der Waals surface area contributed by atoms with Gasteiger partial charge in [0.05, 0.1) is 23.4 Å². The predicted molar refractivity (Wildman–Crippen MR) is 115 cm³/mol. The third-order valence-electron chi connectivity index (χ3n) is 4.62. The van der Waals surface area contributed by atoms with E-state index in [1.807, 2.05) is 12.1 Å². The van der Waals surface area contributed by atoms with Crippen LogP contribution in [0.2, 0.25) is 0 Å². The maximum Gasteiger partial charge on any atom is 0.242 e. The number of hydrogen-bond donors (Lipinski definition) is 1. The van der Waals surface area contributed by atoms with Crippen LogP contribution in [0, 0.1) is 0 Å². The van der Waals surface area contributed by atoms with Crippen LogP contribution in [0.1, 0.15) is 0 Å². The van der Waals surface area contributed by atoms with Crippen molar-refractivity contribution in [2.45, 2.75) is 4.90 Å². The smallest absolute Gasteiger partial charge is 0.242 e. The van der Waals surface area contributed by atoms with Gasteiger partial charge in [0.1, 0.15) is 5.69 Å². The van der Waals surface area contributed by atoms with Crippen LogP contribution in [0.15, 0.2) is 66.0 Å². The van der Waals surface area contributed by atoms with Crippen molar-refractivity contribution in [1.29, 1.82) is 0 Å². The molecule has 4 rings (SSSR count). The Morgan fingerprint density at radius 3 is 2.68 bits per heavy atom. The maximum atomic E-state index is 12.6. The van der Waals surface area contributed by atoms with E-state index in [1.54, 1.807) is 53.4 Å². The maximum absolute atomic E-state index is 12.6. The van der Waals surface area contributed by atoms with E-state index in [2.05, 4.69) is 25.4 Å². The topological polar surface area (TPSA) is 115 Å². The molecule has 0 bridgehead atoms. The first-order chi connectivity index (χ1) is 15.0. The molecule has 160 valence electrons. The molecule has 0 fully saturated rings. The fraction of sp³-hybridized carbons (Fsp3) is 0.200. The molecule has 10 nitrogen and oxygen atoms in total. The second-order valence-electron chi connectivity index (χ2n) is 6.67. The zero-order valence-corrected chi connectivity index (χ0v) is 17.8. The van der Waals surface area contributed by atoms with Crippen LogP contribution < -0.4 is 5.32 Å². The van der Waals surface area contributed by atoms with E-state index in [1.165, 1.54) is 18.5 Å². The van der Waals surface area contributed by atoms with Crippen molar-refractivity contribution in [1.82, 2.24) is 28.9 Å². The minimum Gasteiger partial charge on any atom is -0.383 e. The van der Waals surface area contributed by atoms with Gasteiger partial charge in [0, 0.05) is 38.8 Å². The number of rotatable bonds is 8. The van der Waals surface area contributed by atoms with E-state index in [0.717, 1.165) is 11.3 Å². The molecule has 1 N–H and O–H groups in total. The lowest BCUT2D eigenvalue weighted by Gasteiger charge is -2.17. The first-order valence-electron chi connectivity index (χ1n) is 9.43. The second-order valence-corrected chi connectivity index (χ2v) is 8.72. The normalized spacial score (nSPS) is 11.8. The Hall–Kier alpha value is -3.41. The second kappa shape index (κ2) is 8.76. The number of sulfonamides is 1. The zero-order valence-electron chi connectivity index (χ0n) is 17.0. The first-order valence-corrected chi connectivity index (χ1v) is 10.9. The van der Waals surface area contributed by atoms with E-state index in [0.29, 0.717) is 23.9 Å². The van der Waals surface area contributed by atoms with Gasteiger partial charge in [0.2, 0.25) is 16.0 Å². The Labute approximate surface area is 179 Å². The summed E-state index contributed by atoms with van der Waals surface area (Å²) in [5, 5.41) is 7.40. The van der Waals surface area contributed by atoms with E-state index in [-0.39, 0.29) is 11.4 Å². The predicted octanol–water partition coefficient (Wildman–Crippen LogP) is 2.20. The van der Waals surface area contributed by atoms with Crippen LogP contribution in [-0.2, 0) is 14.8 Å². The van der Waals surface area contributed by atoms with Crippen LogP contribution >= 0.6 is 0 Å². The molecule has 11 heteroatoms. The molecule has 0 amide bonds. The molecule has 3 aromatic heterocycles. The number of nitrogens with one attached hydrogen (secondary N) is 1. The quantitative estimate of drug-likeness (QED) is 0.444. The van der Waals surface area contributed by atoms with Gasteiger partial charge in [-0.1, -0.05) is 0 Å². The number of hydrogen-bond acceptors (Lipinski definition) is 8. The molecule has 0 saturated carbocycles. The van der Waals surface area contributed by atoms with Crippen molar-refractivity contribution >= 4 is 27.3 Å². The van der Waals surface area contributed by atoms with Gasteiger partial charge in [0.15, 0.2) is 5.65 Å². The SMILES string of the molecule is COCCN(C)S(=O)(=O)c1ccc(Nc2nccc(-c3cnc4cccnn34)n2)cc1. The number of aromatic nitrogens is 5. The standard InChI is InChI=1S/C20H21N7O3S/c1-26(12-13-30-2)31(28,29)16-7-5-15(6-8-16)24-20-21-11-9-17(25-20)18-14-22-19-4-3-10-23-27(18)19/h3-11,14H,12-13H2,1-2H3,(H,21,24,25). The first kappa shape index (κ1) is 20.8. The van der Waals surface area contributed by atoms with Gasteiger partial charge in [-0.3, -0.25) is 0 Å². The molecule has 0 saturated heterocycles. The number of anilines is 2. The van der Waals surface area contributed by atoms with Crippen LogP contribution in [0.5, 0.6) is 0 Å². The van der Waals surface area contributed by atoms with Crippen molar-refractivity contribution in [2.75, 3.05) is 32.6 Å². The third-order valence-corrected chi connectivity index (χ3v) is 6.50. The van der Waals surface area contributed by atoms with Gasteiger partial charge in [-0.2, -0.15) is 9.40 Å². The number of nitrogens with zero attached hydrogens (tertiary/aromatic N) is 6. The summed E-state index contributed by atoms with van der Waals surface area (Å²) in [6.45, 7) is 0.600. The Morgan fingerprint density at radius 2 is 1.90 bits per heavy atom. The van der Waals surface area contributed by atoms with E-state index < -0.39 is 10.0 Å². The number of benzene rings is 1. The summed E-state index contributed by atoms with van der Waals surface area (Å²) in [6, 6.07) is 11.9. The van der Waals surface area contributed by atoms with E-state index in [4.69, 9.17) is 4.74 Å². The van der Waals surface area contributed by atoms with Crippen LogP contribution in [0.25, 0.3) is 17.0 Å². The number of imidazole rings is 1. The van der Waals surface area contributed by atoms with Crippen LogP contribution in [0.4, 0.5) is 11.6 Å². The molecule has 4 aromatic rings. The molecule has 0 unspecified atom stereocenters. The summed E-state index contributed by atoms with van der Waals surface area (Å²) in [5.74, 6) is 0.371. The molecule has 0 aliphatic rings. The largest absolute Gasteiger partial charge is 0.383 e. The van der Waals surface area contributed by atoms with Gasteiger partial charge in [-0.05, 0) is 42.5 Å². The minimum atomic E-state index is -3.58. The fourth-order valence-corrected chi connectivity index (χ4v) is 4.08. The zero-order chi connectivity index (χ0) is 21.8. The van der Waals surface area contributed by atoms with Gasteiger partial charge in [-0.25, -0.2) is 27.9 Å². The van der Waals surface area contributed by atoms with E-state index >= 15 is 0 Å². The average molecular weight is 440 g/mol. The van der Waals surface area contributed by atoms with Crippen molar-refractivity contribution in [2.24, 2.45) is 0 Å². The van der Waals surface area contributed by atoms with Crippen molar-refractivity contribution in [3.8, 4) is 11.4 Å². The van der Waals surface area contributed by atoms with Gasteiger partial charge < -0.3 is 10.1 Å². The molecule has 0 radical (unpaired) electrons. The highest BCUT2D eigenvalue weighted by molar-refractivity contribution is 7.89. The van der Waals surface area contributed by atoms with Crippen LogP contribution in [0.3, 0.4) is 0 Å². The highest BCUT2D eigenvalue weighted by Crippen LogP contribution is 2.22. The van der Waals surface area contributed by atoms with Gasteiger partial charge in [-0.15, -0.1) is 0 Å². The fourth-order valence-electron chi connectivity index (χ4n) is 2.92. The lowest BCUT2D eigenvalue weighted by Crippen LogP contribution is -2.30. The minimum absolute atomic E-state index is 0.197. The summed E-state index contributed by atoms with van der Waals surface area (Å²) >= 11 is 0. The molecule has 0 spiro atoms. The lowest BCUT2D eigenvalue weighted by molar-refractivity contribution is 0.185. The monoisotopic (exact) mass is 439 g/mol. The third kappa shape index (κ3) is 4.38. The Balaban J connectivity index is 1.53. The van der Waals surface area contributed by atoms with Gasteiger partial charge in [0.25, 0.3) is 0 Å². The highest BCUT2D eigenvalue weighted by atomic mass is 32.2. The van der Waals surface area contributed by atoms with Crippen LogP contribution in [-0.4, -0.2) is 64.6 Å². The molecule has 0 aliphatic heterocycles. The summed E-state index contributed by atoms with van der Waals surface area (Å²) in [7, 11) is -0.526. The van der Waals surface area contributed by atoms with Crippen molar-refractivity contribution in [3.05, 3.63) is 61.1 Å². The summed E-state index contributed by atoms with van der Waals surface area (Å²) in [5.41, 5.74) is 2.77. The summed E-state index contributed by atoms with van der Waals surface area (Å²) in [4.78, 5) is 13.3. The number of likely N-dealkylation sites (N-methyl/N-ethyl adjacent to an activating group) is 1. The Bertz CT molecular complexity index is 1290. The van der Waals surface area contributed by atoms with Crippen molar-refractivity contribution in [3.63, 3.8) is 0 Å². The van der Waals surface area contributed by atoms with Gasteiger partial charge >= 0.3 is 0 Å². The number of fused-ring (bicyclic) bond motifs is 1. The molecular weight excluding hydrogens is 418 g/mol. The molecular formula is C20H21N7O3S. The average Bonchev–Trinajstić information content (AvgIpc) is 3.22. The number of ether oxygens (including phenoxy) is 1. The summed E-state index contributed by atoms with van der Waals surface area (Å²) in [6.07, 6.45) is 5.02. The molecule has 0 atom stereocenters.